The average molecular weight is 367 g/mol. The van der Waals surface area contributed by atoms with E-state index in [0.29, 0.717) is 12.5 Å². The normalized spacial score (nSPS) is 12.9. The lowest BCUT2D eigenvalue weighted by molar-refractivity contribution is 0.180. The highest BCUT2D eigenvalue weighted by atomic mass is 16.5. The predicted molar refractivity (Wildman–Crippen MR) is 106 cm³/mol. The summed E-state index contributed by atoms with van der Waals surface area (Å²) in [6.07, 6.45) is 0.378. The Balaban J connectivity index is 2.43. The van der Waals surface area contributed by atoms with Crippen molar-refractivity contribution in [3.05, 3.63) is 29.8 Å². The maximum atomic E-state index is 10.3. The number of nitrogens with one attached hydrogen (secondary N) is 2. The topological polar surface area (TPSA) is 78.4 Å². The van der Waals surface area contributed by atoms with E-state index in [2.05, 4.69) is 27.6 Å². The van der Waals surface area contributed by atoms with Gasteiger partial charge in [-0.2, -0.15) is 0 Å². The van der Waals surface area contributed by atoms with Gasteiger partial charge in [0.25, 0.3) is 0 Å². The van der Waals surface area contributed by atoms with E-state index >= 15 is 0 Å². The van der Waals surface area contributed by atoms with E-state index in [-0.39, 0.29) is 0 Å². The van der Waals surface area contributed by atoms with Crippen LogP contribution in [0.25, 0.3) is 0 Å². The van der Waals surface area contributed by atoms with Crippen LogP contribution < -0.4 is 15.4 Å². The van der Waals surface area contributed by atoms with Crippen LogP contribution in [-0.2, 0) is 4.74 Å². The average Bonchev–Trinajstić information content (AvgIpc) is 2.66. The van der Waals surface area contributed by atoms with Gasteiger partial charge in [0.1, 0.15) is 5.75 Å². The molecule has 0 aromatic heterocycles. The number of aliphatic hydroxyl groups excluding tert-OH is 1. The fourth-order valence-electron chi connectivity index (χ4n) is 2.41. The minimum Gasteiger partial charge on any atom is -0.497 e. The Morgan fingerprint density at radius 1 is 1.19 bits per heavy atom. The van der Waals surface area contributed by atoms with Gasteiger partial charge in [-0.15, -0.1) is 0 Å². The molecule has 0 aliphatic carbocycles. The van der Waals surface area contributed by atoms with Gasteiger partial charge in [-0.3, -0.25) is 4.99 Å². The Kier molecular flexibility index (Phi) is 11.4. The number of ether oxygens (including phenoxy) is 2. The van der Waals surface area contributed by atoms with Crippen LogP contribution in [0.1, 0.15) is 25.0 Å². The lowest BCUT2D eigenvalue weighted by Gasteiger charge is -2.18. The van der Waals surface area contributed by atoms with Crippen LogP contribution >= 0.6 is 0 Å². The summed E-state index contributed by atoms with van der Waals surface area (Å²) >= 11 is 0. The zero-order chi connectivity index (χ0) is 19.2. The van der Waals surface area contributed by atoms with Crippen LogP contribution in [0.3, 0.4) is 0 Å². The minimum absolute atomic E-state index is 0.297. The highest BCUT2D eigenvalue weighted by Crippen LogP contribution is 2.17. The minimum atomic E-state index is -0.645. The summed E-state index contributed by atoms with van der Waals surface area (Å²) in [7, 11) is 5.44. The molecule has 0 amide bonds. The van der Waals surface area contributed by atoms with Crippen LogP contribution in [0.4, 0.5) is 0 Å². The Labute approximate surface area is 157 Å². The Morgan fingerprint density at radius 3 is 2.54 bits per heavy atom. The van der Waals surface area contributed by atoms with Crippen molar-refractivity contribution in [2.75, 3.05) is 60.6 Å². The van der Waals surface area contributed by atoms with E-state index in [1.807, 2.05) is 31.2 Å². The first kappa shape index (κ1) is 22.2. The highest BCUT2D eigenvalue weighted by Gasteiger charge is 2.08. The van der Waals surface area contributed by atoms with Crippen LogP contribution in [-0.4, -0.2) is 76.6 Å². The lowest BCUT2D eigenvalue weighted by atomic mass is 10.1. The van der Waals surface area contributed by atoms with Crippen molar-refractivity contribution in [1.82, 2.24) is 15.5 Å². The third kappa shape index (κ3) is 9.03. The first-order valence-corrected chi connectivity index (χ1v) is 9.12. The lowest BCUT2D eigenvalue weighted by Crippen LogP contribution is -2.41. The smallest absolute Gasteiger partial charge is 0.191 e. The molecule has 7 nitrogen and oxygen atoms in total. The van der Waals surface area contributed by atoms with Crippen LogP contribution in [0.15, 0.2) is 29.3 Å². The number of aliphatic imine (C=N–C) groups is 1. The molecule has 1 atom stereocenters. The quantitative estimate of drug-likeness (QED) is 0.294. The Bertz CT molecular complexity index is 508. The number of methoxy groups -OCH3 is 2. The second-order valence-corrected chi connectivity index (χ2v) is 6.08. The molecular weight excluding hydrogens is 332 g/mol. The fraction of sp³-hybridized carbons (Fsp3) is 0.632. The largest absolute Gasteiger partial charge is 0.497 e. The van der Waals surface area contributed by atoms with Gasteiger partial charge in [0, 0.05) is 39.9 Å². The zero-order valence-electron chi connectivity index (χ0n) is 16.5. The van der Waals surface area contributed by atoms with Gasteiger partial charge in [-0.25, -0.2) is 0 Å². The SMILES string of the molecule is CCNC(=NCC(O)c1ccc(OC)cc1)NCCN(C)CCCOC. The summed E-state index contributed by atoms with van der Waals surface area (Å²) in [5.41, 5.74) is 0.822. The number of rotatable bonds is 12. The summed E-state index contributed by atoms with van der Waals surface area (Å²) < 4.78 is 10.2. The molecule has 1 unspecified atom stereocenters. The van der Waals surface area contributed by atoms with Gasteiger partial charge < -0.3 is 30.1 Å². The summed E-state index contributed by atoms with van der Waals surface area (Å²) in [5, 5.41) is 16.8. The van der Waals surface area contributed by atoms with Gasteiger partial charge in [0.15, 0.2) is 5.96 Å². The van der Waals surface area contributed by atoms with E-state index in [0.717, 1.165) is 50.5 Å². The van der Waals surface area contributed by atoms with Crippen LogP contribution in [0.2, 0.25) is 0 Å². The second-order valence-electron chi connectivity index (χ2n) is 6.08. The number of aliphatic hydroxyl groups is 1. The summed E-state index contributed by atoms with van der Waals surface area (Å²) in [6, 6.07) is 7.39. The van der Waals surface area contributed by atoms with Crippen molar-refractivity contribution < 1.29 is 14.6 Å². The van der Waals surface area contributed by atoms with Crippen molar-refractivity contribution in [2.24, 2.45) is 4.99 Å². The second kappa shape index (κ2) is 13.4. The fourth-order valence-corrected chi connectivity index (χ4v) is 2.41. The van der Waals surface area contributed by atoms with E-state index in [1.165, 1.54) is 0 Å². The van der Waals surface area contributed by atoms with Gasteiger partial charge in [-0.1, -0.05) is 12.1 Å². The van der Waals surface area contributed by atoms with E-state index in [9.17, 15) is 5.11 Å². The molecule has 0 bridgehead atoms. The zero-order valence-corrected chi connectivity index (χ0v) is 16.5. The molecule has 0 aliphatic rings. The molecule has 0 aliphatic heterocycles. The number of nitrogens with zero attached hydrogens (tertiary/aromatic N) is 2. The van der Waals surface area contributed by atoms with Gasteiger partial charge >= 0.3 is 0 Å². The van der Waals surface area contributed by atoms with E-state index < -0.39 is 6.10 Å². The molecule has 1 aromatic carbocycles. The summed E-state index contributed by atoms with van der Waals surface area (Å²) in [4.78, 5) is 6.73. The van der Waals surface area contributed by atoms with Crippen molar-refractivity contribution in [3.8, 4) is 5.75 Å². The third-order valence-corrected chi connectivity index (χ3v) is 3.94. The Hall–Kier alpha value is -1.83. The van der Waals surface area contributed by atoms with Gasteiger partial charge in [-0.05, 0) is 38.1 Å². The number of guanidine groups is 1. The standard InChI is InChI=1S/C19H34N4O3/c1-5-20-19(21-11-13-23(2)12-6-14-25-3)22-15-18(24)16-7-9-17(26-4)10-8-16/h7-10,18,24H,5-6,11-15H2,1-4H3,(H2,20,21,22). The molecular formula is C19H34N4O3. The predicted octanol–water partition coefficient (Wildman–Crippen LogP) is 1.25. The van der Waals surface area contributed by atoms with Gasteiger partial charge in [0.2, 0.25) is 0 Å². The third-order valence-electron chi connectivity index (χ3n) is 3.94. The Morgan fingerprint density at radius 2 is 1.92 bits per heavy atom. The molecule has 3 N–H and O–H groups in total. The monoisotopic (exact) mass is 366 g/mol. The van der Waals surface area contributed by atoms with Gasteiger partial charge in [0.05, 0.1) is 19.8 Å². The summed E-state index contributed by atoms with van der Waals surface area (Å²) in [5.74, 6) is 1.49. The van der Waals surface area contributed by atoms with Crippen molar-refractivity contribution in [1.29, 1.82) is 0 Å². The van der Waals surface area contributed by atoms with Crippen LogP contribution in [0, 0.1) is 0 Å². The first-order valence-electron chi connectivity index (χ1n) is 9.12. The molecule has 0 radical (unpaired) electrons. The molecule has 148 valence electrons. The van der Waals surface area contributed by atoms with Crippen molar-refractivity contribution in [2.45, 2.75) is 19.4 Å². The first-order chi connectivity index (χ1) is 12.6. The van der Waals surface area contributed by atoms with Crippen LogP contribution in [0.5, 0.6) is 5.75 Å². The molecule has 0 fully saturated rings. The number of hydrogen-bond acceptors (Lipinski definition) is 5. The molecule has 26 heavy (non-hydrogen) atoms. The molecule has 0 saturated carbocycles. The molecule has 0 heterocycles. The molecule has 0 spiro atoms. The maximum Gasteiger partial charge on any atom is 0.191 e. The van der Waals surface area contributed by atoms with E-state index in [4.69, 9.17) is 9.47 Å². The summed E-state index contributed by atoms with van der Waals surface area (Å²) in [6.45, 7) is 6.57. The van der Waals surface area contributed by atoms with E-state index in [1.54, 1.807) is 14.2 Å². The number of hydrogen-bond donors (Lipinski definition) is 3. The molecule has 7 heteroatoms. The van der Waals surface area contributed by atoms with Crippen molar-refractivity contribution in [3.63, 3.8) is 0 Å². The highest BCUT2D eigenvalue weighted by molar-refractivity contribution is 5.79. The van der Waals surface area contributed by atoms with Crippen molar-refractivity contribution >= 4 is 5.96 Å². The number of benzene rings is 1. The maximum absolute atomic E-state index is 10.3. The number of likely N-dealkylation sites (N-methyl/N-ethyl adjacent to an activating group) is 1. The molecule has 1 rings (SSSR count). The molecule has 1 aromatic rings. The molecule has 0 saturated heterocycles.